The van der Waals surface area contributed by atoms with E-state index in [2.05, 4.69) is 25.9 Å². The second-order valence-corrected chi connectivity index (χ2v) is 4.89. The topological polar surface area (TPSA) is 61.0 Å². The Morgan fingerprint density at radius 3 is 2.87 bits per heavy atom. The van der Waals surface area contributed by atoms with Crippen LogP contribution >= 0.6 is 15.9 Å². The average molecular weight is 272 g/mol. The second kappa shape index (κ2) is 4.45. The number of hydrogen-bond acceptors (Lipinski definition) is 4. The molecule has 0 aliphatic heterocycles. The molecular formula is C10H14BrN3O. The maximum absolute atomic E-state index is 6.17. The summed E-state index contributed by atoms with van der Waals surface area (Å²) in [6, 6.07) is 0. The maximum Gasteiger partial charge on any atom is 0.231 e. The third-order valence-corrected chi connectivity index (χ3v) is 3.27. The summed E-state index contributed by atoms with van der Waals surface area (Å²) in [6.45, 7) is 0.530. The molecule has 2 N–H and O–H groups in total. The molecule has 0 unspecified atom stereocenters. The molecule has 0 spiro atoms. The van der Waals surface area contributed by atoms with Crippen molar-refractivity contribution in [3.05, 3.63) is 17.0 Å². The zero-order chi connectivity index (χ0) is 10.7. The highest BCUT2D eigenvalue weighted by atomic mass is 79.9. The lowest BCUT2D eigenvalue weighted by Crippen LogP contribution is -2.42. The number of rotatable bonds is 3. The summed E-state index contributed by atoms with van der Waals surface area (Å²) in [5.74, 6) is 0.571. The first-order valence-corrected chi connectivity index (χ1v) is 5.86. The van der Waals surface area contributed by atoms with Crippen LogP contribution < -0.4 is 10.5 Å². The lowest BCUT2D eigenvalue weighted by Gasteiger charge is -2.23. The zero-order valence-corrected chi connectivity index (χ0v) is 10.0. The minimum absolute atomic E-state index is 0.162. The van der Waals surface area contributed by atoms with Crippen LogP contribution in [0.25, 0.3) is 0 Å². The molecule has 82 valence electrons. The number of nitrogens with zero attached hydrogens (tertiary/aromatic N) is 2. The average Bonchev–Trinajstić information content (AvgIpc) is 2.65. The first-order chi connectivity index (χ1) is 7.20. The van der Waals surface area contributed by atoms with Gasteiger partial charge in [-0.1, -0.05) is 12.8 Å². The minimum atomic E-state index is -0.162. The standard InChI is InChI=1S/C10H14BrN3O/c11-8-5-13-7-14-9(8)15-6-10(12)3-1-2-4-10/h5,7H,1-4,6,12H2. The fourth-order valence-electron chi connectivity index (χ4n) is 1.84. The molecule has 15 heavy (non-hydrogen) atoms. The molecule has 1 aliphatic carbocycles. The van der Waals surface area contributed by atoms with Crippen molar-refractivity contribution in [1.29, 1.82) is 0 Å². The Balaban J connectivity index is 1.95. The molecule has 0 amide bonds. The van der Waals surface area contributed by atoms with E-state index in [1.165, 1.54) is 19.2 Å². The smallest absolute Gasteiger partial charge is 0.231 e. The monoisotopic (exact) mass is 271 g/mol. The van der Waals surface area contributed by atoms with Crippen molar-refractivity contribution in [3.63, 3.8) is 0 Å². The van der Waals surface area contributed by atoms with Gasteiger partial charge in [-0.25, -0.2) is 9.97 Å². The highest BCUT2D eigenvalue weighted by molar-refractivity contribution is 9.10. The normalized spacial score (nSPS) is 19.1. The number of nitrogens with two attached hydrogens (primary N) is 1. The summed E-state index contributed by atoms with van der Waals surface area (Å²) in [4.78, 5) is 7.91. The first kappa shape index (κ1) is 10.8. The van der Waals surface area contributed by atoms with E-state index in [-0.39, 0.29) is 5.54 Å². The summed E-state index contributed by atoms with van der Waals surface area (Å²) in [5.41, 5.74) is 6.01. The van der Waals surface area contributed by atoms with Crippen LogP contribution in [0.1, 0.15) is 25.7 Å². The van der Waals surface area contributed by atoms with Crippen LogP contribution in [-0.2, 0) is 0 Å². The Bertz CT molecular complexity index is 339. The van der Waals surface area contributed by atoms with Crippen LogP contribution in [-0.4, -0.2) is 22.1 Å². The predicted molar refractivity (Wildman–Crippen MR) is 60.6 cm³/mol. The van der Waals surface area contributed by atoms with Crippen molar-refractivity contribution in [3.8, 4) is 5.88 Å². The number of aromatic nitrogens is 2. The van der Waals surface area contributed by atoms with E-state index in [9.17, 15) is 0 Å². The molecule has 5 heteroatoms. The van der Waals surface area contributed by atoms with E-state index in [0.717, 1.165) is 17.3 Å². The zero-order valence-electron chi connectivity index (χ0n) is 8.45. The van der Waals surface area contributed by atoms with Gasteiger partial charge in [-0.2, -0.15) is 0 Å². The number of halogens is 1. The molecular weight excluding hydrogens is 258 g/mol. The molecule has 0 bridgehead atoms. The fourth-order valence-corrected chi connectivity index (χ4v) is 2.18. The third-order valence-electron chi connectivity index (χ3n) is 2.73. The van der Waals surface area contributed by atoms with Gasteiger partial charge in [0.1, 0.15) is 12.9 Å². The van der Waals surface area contributed by atoms with Gasteiger partial charge in [0.25, 0.3) is 0 Å². The van der Waals surface area contributed by atoms with Gasteiger partial charge in [0, 0.05) is 6.20 Å². The Labute approximate surface area is 97.4 Å². The molecule has 1 aromatic heterocycles. The second-order valence-electron chi connectivity index (χ2n) is 4.03. The summed E-state index contributed by atoms with van der Waals surface area (Å²) in [7, 11) is 0. The Kier molecular flexibility index (Phi) is 3.21. The summed E-state index contributed by atoms with van der Waals surface area (Å²) >= 11 is 3.33. The fraction of sp³-hybridized carbons (Fsp3) is 0.600. The van der Waals surface area contributed by atoms with Crippen LogP contribution in [0.2, 0.25) is 0 Å². The molecule has 1 saturated carbocycles. The Hall–Kier alpha value is -0.680. The molecule has 0 atom stereocenters. The van der Waals surface area contributed by atoms with E-state index >= 15 is 0 Å². The van der Waals surface area contributed by atoms with Crippen LogP contribution in [0.3, 0.4) is 0 Å². The van der Waals surface area contributed by atoms with Crippen LogP contribution in [0.5, 0.6) is 5.88 Å². The molecule has 1 heterocycles. The van der Waals surface area contributed by atoms with Crippen LogP contribution in [0.4, 0.5) is 0 Å². The molecule has 0 aromatic carbocycles. The Morgan fingerprint density at radius 2 is 2.20 bits per heavy atom. The molecule has 1 aliphatic rings. The highest BCUT2D eigenvalue weighted by Gasteiger charge is 2.30. The molecule has 1 aromatic rings. The van der Waals surface area contributed by atoms with E-state index < -0.39 is 0 Å². The van der Waals surface area contributed by atoms with Crippen molar-refractivity contribution in [2.75, 3.05) is 6.61 Å². The van der Waals surface area contributed by atoms with Crippen molar-refractivity contribution in [1.82, 2.24) is 9.97 Å². The van der Waals surface area contributed by atoms with E-state index in [4.69, 9.17) is 10.5 Å². The van der Waals surface area contributed by atoms with Crippen LogP contribution in [0.15, 0.2) is 17.0 Å². The number of hydrogen-bond donors (Lipinski definition) is 1. The highest BCUT2D eigenvalue weighted by Crippen LogP contribution is 2.28. The molecule has 0 radical (unpaired) electrons. The van der Waals surface area contributed by atoms with E-state index in [1.54, 1.807) is 6.20 Å². The minimum Gasteiger partial charge on any atom is -0.475 e. The van der Waals surface area contributed by atoms with Gasteiger partial charge in [-0.05, 0) is 28.8 Å². The molecule has 2 rings (SSSR count). The van der Waals surface area contributed by atoms with E-state index in [0.29, 0.717) is 12.5 Å². The van der Waals surface area contributed by atoms with E-state index in [1.807, 2.05) is 0 Å². The SMILES string of the molecule is NC1(COc2ncncc2Br)CCCC1. The van der Waals surface area contributed by atoms with Crippen molar-refractivity contribution in [2.45, 2.75) is 31.2 Å². The quantitative estimate of drug-likeness (QED) is 0.912. The largest absolute Gasteiger partial charge is 0.475 e. The summed E-state index contributed by atoms with van der Waals surface area (Å²) < 4.78 is 6.37. The van der Waals surface area contributed by atoms with Gasteiger partial charge in [-0.3, -0.25) is 0 Å². The lowest BCUT2D eigenvalue weighted by molar-refractivity contribution is 0.212. The van der Waals surface area contributed by atoms with Crippen molar-refractivity contribution >= 4 is 15.9 Å². The van der Waals surface area contributed by atoms with Gasteiger partial charge in [-0.15, -0.1) is 0 Å². The molecule has 1 fully saturated rings. The Morgan fingerprint density at radius 1 is 1.47 bits per heavy atom. The first-order valence-electron chi connectivity index (χ1n) is 5.07. The van der Waals surface area contributed by atoms with Gasteiger partial charge in [0.15, 0.2) is 0 Å². The van der Waals surface area contributed by atoms with Crippen molar-refractivity contribution in [2.24, 2.45) is 5.73 Å². The van der Waals surface area contributed by atoms with Gasteiger partial charge < -0.3 is 10.5 Å². The lowest BCUT2D eigenvalue weighted by atomic mass is 10.0. The number of ether oxygens (including phenoxy) is 1. The third kappa shape index (κ3) is 2.66. The van der Waals surface area contributed by atoms with Gasteiger partial charge in [0.2, 0.25) is 5.88 Å². The van der Waals surface area contributed by atoms with Crippen LogP contribution in [0, 0.1) is 0 Å². The van der Waals surface area contributed by atoms with Gasteiger partial charge in [0.05, 0.1) is 10.0 Å². The van der Waals surface area contributed by atoms with Gasteiger partial charge >= 0.3 is 0 Å². The molecule has 0 saturated heterocycles. The summed E-state index contributed by atoms with van der Waals surface area (Å²) in [6.07, 6.45) is 7.61. The molecule has 4 nitrogen and oxygen atoms in total. The predicted octanol–water partition coefficient (Wildman–Crippen LogP) is 1.89. The summed E-state index contributed by atoms with van der Waals surface area (Å²) in [5, 5.41) is 0. The van der Waals surface area contributed by atoms with Crippen molar-refractivity contribution < 1.29 is 4.74 Å². The maximum atomic E-state index is 6.17.